The van der Waals surface area contributed by atoms with Crippen molar-refractivity contribution >= 4 is 15.9 Å². The van der Waals surface area contributed by atoms with Crippen molar-refractivity contribution in [2.45, 2.75) is 35.2 Å². The van der Waals surface area contributed by atoms with Crippen LogP contribution in [0.3, 0.4) is 0 Å². The average molecular weight is 402 g/mol. The highest BCUT2D eigenvalue weighted by Gasteiger charge is 2.36. The lowest BCUT2D eigenvalue weighted by Crippen LogP contribution is -2.39. The maximum atomic E-state index is 13.1. The molecule has 1 fully saturated rings. The number of nitrogens with one attached hydrogen (secondary N) is 2. The number of hydrogen-bond acceptors (Lipinski definition) is 6. The third-order valence-corrected chi connectivity index (χ3v) is 6.80. The highest BCUT2D eigenvalue weighted by molar-refractivity contribution is 7.91. The Bertz CT molecular complexity index is 1010. The van der Waals surface area contributed by atoms with Gasteiger partial charge in [-0.1, -0.05) is 12.1 Å². The summed E-state index contributed by atoms with van der Waals surface area (Å²) in [5.74, 6) is 1.11. The van der Waals surface area contributed by atoms with Crippen LogP contribution in [0.4, 0.5) is 4.79 Å². The highest BCUT2D eigenvalue weighted by Crippen LogP contribution is 2.42. The fraction of sp³-hybridized carbons (Fsp3) is 0.350. The fourth-order valence-corrected chi connectivity index (χ4v) is 5.00. The number of amides is 1. The van der Waals surface area contributed by atoms with Crippen molar-refractivity contribution in [2.24, 2.45) is 0 Å². The van der Waals surface area contributed by atoms with E-state index < -0.39 is 15.9 Å². The summed E-state index contributed by atoms with van der Waals surface area (Å²) < 4.78 is 37.3. The molecule has 0 aromatic heterocycles. The van der Waals surface area contributed by atoms with Crippen LogP contribution in [0, 0.1) is 0 Å². The van der Waals surface area contributed by atoms with Gasteiger partial charge in [0.1, 0.15) is 17.6 Å². The summed E-state index contributed by atoms with van der Waals surface area (Å²) in [6.07, 6.45) is 0.401. The van der Waals surface area contributed by atoms with Crippen molar-refractivity contribution in [3.05, 3.63) is 48.0 Å². The summed E-state index contributed by atoms with van der Waals surface area (Å²) in [4.78, 5) is 11.8. The van der Waals surface area contributed by atoms with Crippen LogP contribution in [0.1, 0.15) is 24.8 Å². The molecule has 148 valence electrons. The molecule has 2 N–H and O–H groups in total. The minimum absolute atomic E-state index is 0.0514. The van der Waals surface area contributed by atoms with Gasteiger partial charge in [-0.2, -0.15) is 0 Å². The van der Waals surface area contributed by atoms with Gasteiger partial charge in [0, 0.05) is 24.6 Å². The Morgan fingerprint density at radius 3 is 2.89 bits per heavy atom. The molecule has 2 atom stereocenters. The predicted octanol–water partition coefficient (Wildman–Crippen LogP) is 2.47. The zero-order valence-corrected chi connectivity index (χ0v) is 16.3. The molecule has 2 aliphatic rings. The lowest BCUT2D eigenvalue weighted by atomic mass is 9.90. The fourth-order valence-electron chi connectivity index (χ4n) is 3.69. The first-order chi connectivity index (χ1) is 13.5. The normalized spacial score (nSPS) is 20.6. The molecule has 0 bridgehead atoms. The van der Waals surface area contributed by atoms with Crippen molar-refractivity contribution in [2.75, 3.05) is 19.6 Å². The molecule has 2 aromatic rings. The van der Waals surface area contributed by atoms with Gasteiger partial charge in [0.2, 0.25) is 9.84 Å². The summed E-state index contributed by atoms with van der Waals surface area (Å²) in [6, 6.07) is 11.0. The first-order valence-electron chi connectivity index (χ1n) is 9.31. The zero-order valence-electron chi connectivity index (χ0n) is 15.5. The lowest BCUT2D eigenvalue weighted by molar-refractivity contribution is 0.176. The summed E-state index contributed by atoms with van der Waals surface area (Å²) in [7, 11) is -3.77. The molecule has 8 heteroatoms. The van der Waals surface area contributed by atoms with Crippen LogP contribution >= 0.6 is 0 Å². The SMILES string of the molecule is CCNC(=O)Oc1cccc(S(=O)(=O)c2ccc3c(c2)OC2CNCCC32)c1. The second kappa shape index (κ2) is 7.44. The van der Waals surface area contributed by atoms with Crippen LogP contribution in [-0.4, -0.2) is 40.2 Å². The second-order valence-corrected chi connectivity index (χ2v) is 8.80. The van der Waals surface area contributed by atoms with E-state index in [4.69, 9.17) is 9.47 Å². The number of ether oxygens (including phenoxy) is 2. The number of hydrogen-bond donors (Lipinski definition) is 2. The predicted molar refractivity (Wildman–Crippen MR) is 103 cm³/mol. The van der Waals surface area contributed by atoms with E-state index in [2.05, 4.69) is 10.6 Å². The number of fused-ring (bicyclic) bond motifs is 3. The Balaban J connectivity index is 1.62. The van der Waals surface area contributed by atoms with Crippen LogP contribution in [0.15, 0.2) is 52.3 Å². The van der Waals surface area contributed by atoms with E-state index in [0.29, 0.717) is 18.2 Å². The Morgan fingerprint density at radius 2 is 2.07 bits per heavy atom. The maximum Gasteiger partial charge on any atom is 0.412 e. The Morgan fingerprint density at radius 1 is 1.25 bits per heavy atom. The summed E-state index contributed by atoms with van der Waals surface area (Å²) in [6.45, 7) is 3.89. The molecule has 0 spiro atoms. The highest BCUT2D eigenvalue weighted by atomic mass is 32.2. The number of benzene rings is 2. The average Bonchev–Trinajstić information content (AvgIpc) is 3.06. The molecule has 2 aliphatic heterocycles. The van der Waals surface area contributed by atoms with Crippen molar-refractivity contribution in [3.63, 3.8) is 0 Å². The molecule has 0 saturated carbocycles. The summed E-state index contributed by atoms with van der Waals surface area (Å²) in [5, 5.41) is 5.81. The van der Waals surface area contributed by atoms with E-state index >= 15 is 0 Å². The van der Waals surface area contributed by atoms with Crippen LogP contribution < -0.4 is 20.1 Å². The number of sulfone groups is 1. The largest absolute Gasteiger partial charge is 0.488 e. The van der Waals surface area contributed by atoms with E-state index in [9.17, 15) is 13.2 Å². The molecule has 0 aliphatic carbocycles. The first-order valence-corrected chi connectivity index (χ1v) is 10.8. The topological polar surface area (TPSA) is 93.7 Å². The smallest absolute Gasteiger partial charge is 0.412 e. The quantitative estimate of drug-likeness (QED) is 0.816. The standard InChI is InChI=1S/C20H22N2O5S/c1-2-22-20(23)26-13-4-3-5-14(10-13)28(24,25)15-6-7-16-17-8-9-21-12-19(17)27-18(16)11-15/h3-7,10-11,17,19,21H,2,8-9,12H2,1H3,(H,22,23). The Kier molecular flexibility index (Phi) is 4.99. The van der Waals surface area contributed by atoms with Gasteiger partial charge in [0.15, 0.2) is 0 Å². The van der Waals surface area contributed by atoms with Gasteiger partial charge < -0.3 is 20.1 Å². The maximum absolute atomic E-state index is 13.1. The molecule has 28 heavy (non-hydrogen) atoms. The van der Waals surface area contributed by atoms with E-state index in [1.54, 1.807) is 25.1 Å². The lowest BCUT2D eigenvalue weighted by Gasteiger charge is -2.24. The molecule has 1 saturated heterocycles. The molecular formula is C20H22N2O5S. The van der Waals surface area contributed by atoms with Crippen molar-refractivity contribution < 1.29 is 22.7 Å². The molecule has 2 aromatic carbocycles. The molecule has 7 nitrogen and oxygen atoms in total. The van der Waals surface area contributed by atoms with Crippen molar-refractivity contribution in [1.29, 1.82) is 0 Å². The van der Waals surface area contributed by atoms with Crippen LogP contribution in [0.5, 0.6) is 11.5 Å². The minimum atomic E-state index is -3.77. The van der Waals surface area contributed by atoms with Gasteiger partial charge in [-0.25, -0.2) is 13.2 Å². The van der Waals surface area contributed by atoms with Gasteiger partial charge >= 0.3 is 6.09 Å². The number of carbonyl (C=O) groups is 1. The molecule has 2 heterocycles. The summed E-state index contributed by atoms with van der Waals surface area (Å²) >= 11 is 0. The molecule has 1 amide bonds. The molecule has 2 unspecified atom stereocenters. The van der Waals surface area contributed by atoms with Gasteiger partial charge in [-0.3, -0.25) is 0 Å². The minimum Gasteiger partial charge on any atom is -0.488 e. The van der Waals surface area contributed by atoms with Crippen molar-refractivity contribution in [3.8, 4) is 11.5 Å². The van der Waals surface area contributed by atoms with E-state index in [1.807, 2.05) is 6.07 Å². The number of carbonyl (C=O) groups excluding carboxylic acids is 1. The Hall–Kier alpha value is -2.58. The Labute approximate surface area is 164 Å². The van der Waals surface area contributed by atoms with E-state index in [-0.39, 0.29) is 21.6 Å². The number of rotatable bonds is 4. The third-order valence-electron chi connectivity index (χ3n) is 5.05. The molecular weight excluding hydrogens is 380 g/mol. The monoisotopic (exact) mass is 402 g/mol. The van der Waals surface area contributed by atoms with E-state index in [0.717, 1.165) is 25.1 Å². The zero-order chi connectivity index (χ0) is 19.7. The second-order valence-electron chi connectivity index (χ2n) is 6.85. The van der Waals surface area contributed by atoms with Crippen LogP contribution in [-0.2, 0) is 9.84 Å². The van der Waals surface area contributed by atoms with Crippen LogP contribution in [0.25, 0.3) is 0 Å². The molecule has 4 rings (SSSR count). The third kappa shape index (κ3) is 3.45. The van der Waals surface area contributed by atoms with Crippen molar-refractivity contribution in [1.82, 2.24) is 10.6 Å². The van der Waals surface area contributed by atoms with Gasteiger partial charge in [-0.05, 0) is 50.2 Å². The number of piperidine rings is 1. The van der Waals surface area contributed by atoms with Gasteiger partial charge in [0.05, 0.1) is 9.79 Å². The van der Waals surface area contributed by atoms with Gasteiger partial charge in [-0.15, -0.1) is 0 Å². The van der Waals surface area contributed by atoms with Gasteiger partial charge in [0.25, 0.3) is 0 Å². The van der Waals surface area contributed by atoms with Crippen LogP contribution in [0.2, 0.25) is 0 Å². The first kappa shape index (κ1) is 18.8. The molecule has 0 radical (unpaired) electrons. The van der Waals surface area contributed by atoms with E-state index in [1.165, 1.54) is 18.2 Å². The summed E-state index contributed by atoms with van der Waals surface area (Å²) in [5.41, 5.74) is 1.07.